The number of rotatable bonds is 8. The maximum Gasteiger partial charge on any atom is 0.0455 e. The van der Waals surface area contributed by atoms with Gasteiger partial charge in [0.15, 0.2) is 0 Å². The van der Waals surface area contributed by atoms with Gasteiger partial charge in [-0.25, -0.2) is 0 Å². The van der Waals surface area contributed by atoms with E-state index in [1.807, 2.05) is 0 Å². The van der Waals surface area contributed by atoms with E-state index in [2.05, 4.69) is 163 Å². The third-order valence-electron chi connectivity index (χ3n) is 9.02. The van der Waals surface area contributed by atoms with Crippen molar-refractivity contribution in [2.75, 3.05) is 4.90 Å². The molecule has 0 spiro atoms. The summed E-state index contributed by atoms with van der Waals surface area (Å²) in [4.78, 5) is 2.51. The second kappa shape index (κ2) is 13.2. The summed E-state index contributed by atoms with van der Waals surface area (Å²) in [7, 11) is 0. The Balaban J connectivity index is 1.11. The van der Waals surface area contributed by atoms with Crippen LogP contribution in [0.4, 0.5) is 5.69 Å². The summed E-state index contributed by atoms with van der Waals surface area (Å²) in [6.45, 7) is 0. The monoisotopic (exact) mass is 569 g/mol. The van der Waals surface area contributed by atoms with Crippen molar-refractivity contribution in [3.8, 4) is 22.3 Å². The Morgan fingerprint density at radius 1 is 0.455 bits per heavy atom. The van der Waals surface area contributed by atoms with E-state index in [0.717, 1.165) is 19.3 Å². The molecular weight excluding hydrogens is 530 g/mol. The SMILES string of the molecule is C1=CCCC(N(C2=CCCCC2)c2ccc(-c3ccc(-c4ccc(C(c5ccccc5)c5ccccc5)cc4)cc3)cc2)=C1. The van der Waals surface area contributed by atoms with Crippen molar-refractivity contribution in [1.82, 2.24) is 0 Å². The van der Waals surface area contributed by atoms with Gasteiger partial charge in [0.1, 0.15) is 0 Å². The van der Waals surface area contributed by atoms with Crippen molar-refractivity contribution in [1.29, 1.82) is 0 Å². The normalized spacial score (nSPS) is 14.7. The molecule has 7 rings (SSSR count). The van der Waals surface area contributed by atoms with Crippen LogP contribution in [-0.2, 0) is 0 Å². The standard InChI is InChI=1S/C43H39N/c1-5-13-37(14-6-1)43(38-15-7-2-8-16-38)39-27-25-35(26-28-39)33-21-23-34(24-22-33)36-29-31-42(32-30-36)44(40-17-9-3-10-18-40)41-19-11-4-12-20-41/h1-3,5-9,13-17,19,21-32,43H,4,10-12,18,20H2. The van der Waals surface area contributed by atoms with Gasteiger partial charge in [-0.1, -0.05) is 140 Å². The van der Waals surface area contributed by atoms with Crippen LogP contribution in [0.1, 0.15) is 61.1 Å². The summed E-state index contributed by atoms with van der Waals surface area (Å²) < 4.78 is 0. The highest BCUT2D eigenvalue weighted by Crippen LogP contribution is 2.36. The van der Waals surface area contributed by atoms with Crippen LogP contribution in [0.25, 0.3) is 22.3 Å². The minimum Gasteiger partial charge on any atom is -0.318 e. The molecule has 0 heterocycles. The molecule has 0 saturated carbocycles. The number of hydrogen-bond donors (Lipinski definition) is 0. The Morgan fingerprint density at radius 2 is 0.977 bits per heavy atom. The molecule has 0 aromatic heterocycles. The first kappa shape index (κ1) is 27.9. The highest BCUT2D eigenvalue weighted by molar-refractivity contribution is 5.73. The smallest absolute Gasteiger partial charge is 0.0455 e. The van der Waals surface area contributed by atoms with Gasteiger partial charge in [0.05, 0.1) is 0 Å². The highest BCUT2D eigenvalue weighted by atomic mass is 15.2. The maximum atomic E-state index is 2.51. The van der Waals surface area contributed by atoms with Crippen molar-refractivity contribution in [3.63, 3.8) is 0 Å². The Labute approximate surface area is 262 Å². The molecule has 0 radical (unpaired) electrons. The van der Waals surface area contributed by atoms with E-state index in [4.69, 9.17) is 0 Å². The van der Waals surface area contributed by atoms with Crippen LogP contribution in [-0.4, -0.2) is 0 Å². The maximum absolute atomic E-state index is 2.51. The van der Waals surface area contributed by atoms with E-state index in [9.17, 15) is 0 Å². The molecule has 216 valence electrons. The molecule has 0 saturated heterocycles. The van der Waals surface area contributed by atoms with Gasteiger partial charge in [-0.15, -0.1) is 0 Å². The number of hydrogen-bond acceptors (Lipinski definition) is 1. The van der Waals surface area contributed by atoms with E-state index in [0.29, 0.717) is 0 Å². The van der Waals surface area contributed by atoms with Crippen molar-refractivity contribution < 1.29 is 0 Å². The summed E-state index contributed by atoms with van der Waals surface area (Å²) in [6, 6.07) is 48.9. The van der Waals surface area contributed by atoms with Crippen molar-refractivity contribution in [2.45, 2.75) is 44.4 Å². The second-order valence-corrected chi connectivity index (χ2v) is 11.9. The van der Waals surface area contributed by atoms with Crippen LogP contribution in [0.2, 0.25) is 0 Å². The molecule has 0 bridgehead atoms. The molecule has 0 atom stereocenters. The fourth-order valence-corrected chi connectivity index (χ4v) is 6.71. The molecular formula is C43H39N. The fourth-order valence-electron chi connectivity index (χ4n) is 6.71. The summed E-state index contributed by atoms with van der Waals surface area (Å²) in [5.74, 6) is 0.216. The third kappa shape index (κ3) is 6.10. The quantitative estimate of drug-likeness (QED) is 0.168. The van der Waals surface area contributed by atoms with E-state index < -0.39 is 0 Å². The van der Waals surface area contributed by atoms with Crippen molar-refractivity contribution in [3.05, 3.63) is 186 Å². The molecule has 0 amide bonds. The number of benzene rings is 5. The predicted molar refractivity (Wildman–Crippen MR) is 187 cm³/mol. The lowest BCUT2D eigenvalue weighted by atomic mass is 9.84. The van der Waals surface area contributed by atoms with Crippen LogP contribution in [0, 0.1) is 0 Å². The Bertz CT molecular complexity index is 1720. The van der Waals surface area contributed by atoms with Gasteiger partial charge in [-0.3, -0.25) is 0 Å². The molecule has 1 nitrogen and oxygen atoms in total. The number of nitrogens with zero attached hydrogens (tertiary/aromatic N) is 1. The molecule has 0 N–H and O–H groups in total. The molecule has 0 aliphatic heterocycles. The van der Waals surface area contributed by atoms with Crippen LogP contribution < -0.4 is 4.90 Å². The van der Waals surface area contributed by atoms with Crippen molar-refractivity contribution in [2.24, 2.45) is 0 Å². The van der Waals surface area contributed by atoms with E-state index >= 15 is 0 Å². The third-order valence-corrected chi connectivity index (χ3v) is 9.02. The minimum atomic E-state index is 0.216. The van der Waals surface area contributed by atoms with Gasteiger partial charge < -0.3 is 4.90 Å². The molecule has 2 aliphatic rings. The lowest BCUT2D eigenvalue weighted by Crippen LogP contribution is -2.23. The zero-order valence-corrected chi connectivity index (χ0v) is 25.3. The number of allylic oxidation sites excluding steroid dienone is 6. The molecule has 0 fully saturated rings. The summed E-state index contributed by atoms with van der Waals surface area (Å²) in [5, 5.41) is 0. The van der Waals surface area contributed by atoms with Gasteiger partial charge in [0.25, 0.3) is 0 Å². The van der Waals surface area contributed by atoms with Gasteiger partial charge in [0.2, 0.25) is 0 Å². The van der Waals surface area contributed by atoms with Gasteiger partial charge in [-0.2, -0.15) is 0 Å². The minimum absolute atomic E-state index is 0.216. The first-order chi connectivity index (χ1) is 21.8. The van der Waals surface area contributed by atoms with E-state index in [-0.39, 0.29) is 5.92 Å². The lowest BCUT2D eigenvalue weighted by Gasteiger charge is -2.32. The average molecular weight is 570 g/mol. The molecule has 2 aliphatic carbocycles. The van der Waals surface area contributed by atoms with Gasteiger partial charge >= 0.3 is 0 Å². The van der Waals surface area contributed by atoms with Crippen LogP contribution >= 0.6 is 0 Å². The molecule has 5 aromatic rings. The zero-order chi connectivity index (χ0) is 29.6. The Hall–Kier alpha value is -4.88. The highest BCUT2D eigenvalue weighted by Gasteiger charge is 2.19. The molecule has 0 unspecified atom stereocenters. The zero-order valence-electron chi connectivity index (χ0n) is 25.3. The Kier molecular flexibility index (Phi) is 8.37. The molecule has 5 aromatic carbocycles. The average Bonchev–Trinajstić information content (AvgIpc) is 3.11. The van der Waals surface area contributed by atoms with E-state index in [1.54, 1.807) is 0 Å². The van der Waals surface area contributed by atoms with Gasteiger partial charge in [0, 0.05) is 23.0 Å². The van der Waals surface area contributed by atoms with Crippen LogP contribution in [0.3, 0.4) is 0 Å². The molecule has 1 heteroatoms. The van der Waals surface area contributed by atoms with Crippen molar-refractivity contribution >= 4 is 5.69 Å². The first-order valence-electron chi connectivity index (χ1n) is 16.1. The van der Waals surface area contributed by atoms with Crippen LogP contribution in [0.15, 0.2) is 169 Å². The number of anilines is 1. The fraction of sp³-hybridized carbons (Fsp3) is 0.163. The molecule has 44 heavy (non-hydrogen) atoms. The Morgan fingerprint density at radius 3 is 1.48 bits per heavy atom. The lowest BCUT2D eigenvalue weighted by molar-refractivity contribution is 0.680. The van der Waals surface area contributed by atoms with Gasteiger partial charge in [-0.05, 0) is 95.7 Å². The van der Waals surface area contributed by atoms with Crippen LogP contribution in [0.5, 0.6) is 0 Å². The van der Waals surface area contributed by atoms with E-state index in [1.165, 1.54) is 75.3 Å². The summed E-state index contributed by atoms with van der Waals surface area (Å²) in [6.07, 6.45) is 16.4. The summed E-state index contributed by atoms with van der Waals surface area (Å²) in [5.41, 5.74) is 13.0. The first-order valence-corrected chi connectivity index (χ1v) is 16.1. The topological polar surface area (TPSA) is 3.24 Å². The largest absolute Gasteiger partial charge is 0.318 e. The predicted octanol–water partition coefficient (Wildman–Crippen LogP) is 11.7. The summed E-state index contributed by atoms with van der Waals surface area (Å²) >= 11 is 0. The second-order valence-electron chi connectivity index (χ2n) is 11.9.